The molecule has 7 heteroatoms. The summed E-state index contributed by atoms with van der Waals surface area (Å²) in [6.07, 6.45) is 4.50. The van der Waals surface area contributed by atoms with Gasteiger partial charge in [0.25, 0.3) is 11.6 Å². The van der Waals surface area contributed by atoms with E-state index in [1.165, 1.54) is 23.4 Å². The van der Waals surface area contributed by atoms with Crippen LogP contribution in [0.25, 0.3) is 0 Å². The van der Waals surface area contributed by atoms with Crippen molar-refractivity contribution in [2.75, 3.05) is 11.9 Å². The Bertz CT molecular complexity index is 833. The monoisotopic (exact) mass is 339 g/mol. The minimum Gasteiger partial charge on any atom is -0.386 e. The number of nitro groups is 1. The minimum absolute atomic E-state index is 0.0718. The average Bonchev–Trinajstić information content (AvgIpc) is 3.06. The molecule has 0 radical (unpaired) electrons. The van der Waals surface area contributed by atoms with E-state index in [2.05, 4.69) is 10.5 Å². The third-order valence-corrected chi connectivity index (χ3v) is 3.98. The fraction of sp³-hybridized carbons (Fsp3) is 0.222. The van der Waals surface area contributed by atoms with Crippen molar-refractivity contribution >= 4 is 23.5 Å². The van der Waals surface area contributed by atoms with Crippen molar-refractivity contribution < 1.29 is 14.6 Å². The molecule has 0 atom stereocenters. The van der Waals surface area contributed by atoms with E-state index in [1.807, 2.05) is 18.2 Å². The van der Waals surface area contributed by atoms with Gasteiger partial charge in [0, 0.05) is 11.8 Å². The van der Waals surface area contributed by atoms with Crippen LogP contribution in [0.3, 0.4) is 0 Å². The highest BCUT2D eigenvalue weighted by Crippen LogP contribution is 2.24. The highest BCUT2D eigenvalue weighted by atomic mass is 16.6. The van der Waals surface area contributed by atoms with Gasteiger partial charge in [0.1, 0.15) is 0 Å². The lowest BCUT2D eigenvalue weighted by molar-refractivity contribution is -0.385. The number of amides is 1. The van der Waals surface area contributed by atoms with Crippen molar-refractivity contribution in [1.82, 2.24) is 0 Å². The van der Waals surface area contributed by atoms with Crippen molar-refractivity contribution in [3.05, 3.63) is 69.3 Å². The molecule has 0 saturated heterocycles. The van der Waals surface area contributed by atoms with Gasteiger partial charge in [-0.15, -0.1) is 0 Å². The van der Waals surface area contributed by atoms with E-state index in [9.17, 15) is 14.9 Å². The van der Waals surface area contributed by atoms with Gasteiger partial charge < -0.3 is 10.2 Å². The summed E-state index contributed by atoms with van der Waals surface area (Å²) in [5, 5.41) is 17.3. The summed E-state index contributed by atoms with van der Waals surface area (Å²) < 4.78 is 0. The van der Waals surface area contributed by atoms with Crippen LogP contribution in [0.1, 0.15) is 23.1 Å². The molecule has 0 aliphatic heterocycles. The standard InChI is InChI=1S/C18H17N3O4/c22-18(20-16-9-8-13-5-3-6-14(13)10-16)12-25-19-11-15-4-1-2-7-17(15)21(23)24/h1-2,4,7-11H,3,5-6,12H2,(H,20,22)/b19-11+. The van der Waals surface area contributed by atoms with E-state index in [1.54, 1.807) is 18.2 Å². The molecule has 1 N–H and O–H groups in total. The molecule has 0 saturated carbocycles. The molecule has 0 spiro atoms. The Kier molecular flexibility index (Phi) is 5.03. The topological polar surface area (TPSA) is 93.8 Å². The van der Waals surface area contributed by atoms with E-state index in [0.717, 1.165) is 24.9 Å². The number of fused-ring (bicyclic) bond motifs is 1. The molecule has 0 heterocycles. The van der Waals surface area contributed by atoms with Crippen molar-refractivity contribution in [1.29, 1.82) is 0 Å². The highest BCUT2D eigenvalue weighted by molar-refractivity contribution is 5.92. The Labute approximate surface area is 144 Å². The van der Waals surface area contributed by atoms with Crippen LogP contribution in [0.15, 0.2) is 47.6 Å². The molecule has 1 aliphatic rings. The quantitative estimate of drug-likeness (QED) is 0.497. The molecule has 3 rings (SSSR count). The molecule has 2 aromatic carbocycles. The summed E-state index contributed by atoms with van der Waals surface area (Å²) in [6.45, 7) is -0.270. The normalized spacial score (nSPS) is 12.8. The Hall–Kier alpha value is -3.22. The van der Waals surface area contributed by atoms with Crippen LogP contribution in [0.5, 0.6) is 0 Å². The van der Waals surface area contributed by atoms with E-state index >= 15 is 0 Å². The van der Waals surface area contributed by atoms with Crippen molar-refractivity contribution in [2.24, 2.45) is 5.16 Å². The third-order valence-electron chi connectivity index (χ3n) is 3.98. The molecular weight excluding hydrogens is 322 g/mol. The Morgan fingerprint density at radius 3 is 2.88 bits per heavy atom. The lowest BCUT2D eigenvalue weighted by Crippen LogP contribution is -2.17. The number of anilines is 1. The second kappa shape index (κ2) is 7.57. The zero-order valence-corrected chi connectivity index (χ0v) is 13.5. The summed E-state index contributed by atoms with van der Waals surface area (Å²) in [5.74, 6) is -0.336. The predicted octanol–water partition coefficient (Wildman–Crippen LogP) is 3.07. The van der Waals surface area contributed by atoms with Gasteiger partial charge in [-0.1, -0.05) is 23.4 Å². The Balaban J connectivity index is 1.52. The van der Waals surface area contributed by atoms with Gasteiger partial charge in [-0.05, 0) is 48.6 Å². The van der Waals surface area contributed by atoms with Gasteiger partial charge >= 0.3 is 0 Å². The largest absolute Gasteiger partial charge is 0.386 e. The van der Waals surface area contributed by atoms with Crippen LogP contribution >= 0.6 is 0 Å². The van der Waals surface area contributed by atoms with Gasteiger partial charge in [0.05, 0.1) is 16.7 Å². The number of benzene rings is 2. The molecular formula is C18H17N3O4. The smallest absolute Gasteiger partial charge is 0.278 e. The number of hydrogen-bond donors (Lipinski definition) is 1. The van der Waals surface area contributed by atoms with Crippen LogP contribution in [-0.2, 0) is 22.5 Å². The van der Waals surface area contributed by atoms with Crippen LogP contribution < -0.4 is 5.32 Å². The van der Waals surface area contributed by atoms with E-state index in [4.69, 9.17) is 4.84 Å². The summed E-state index contributed by atoms with van der Waals surface area (Å²) in [4.78, 5) is 27.2. The summed E-state index contributed by atoms with van der Waals surface area (Å²) in [7, 11) is 0. The number of carbonyl (C=O) groups is 1. The van der Waals surface area contributed by atoms with Gasteiger partial charge in [0.15, 0.2) is 6.61 Å². The lowest BCUT2D eigenvalue weighted by Gasteiger charge is -2.06. The number of hydrogen-bond acceptors (Lipinski definition) is 5. The number of nitrogens with one attached hydrogen (secondary N) is 1. The molecule has 7 nitrogen and oxygen atoms in total. The SMILES string of the molecule is O=C(CO/N=C/c1ccccc1[N+](=O)[O-])Nc1ccc2c(c1)CCC2. The van der Waals surface area contributed by atoms with Crippen LogP contribution in [0.2, 0.25) is 0 Å². The maximum absolute atomic E-state index is 11.9. The van der Waals surface area contributed by atoms with E-state index in [-0.39, 0.29) is 18.2 Å². The number of rotatable bonds is 6. The number of aryl methyl sites for hydroxylation is 2. The first-order valence-corrected chi connectivity index (χ1v) is 7.94. The van der Waals surface area contributed by atoms with Crippen LogP contribution in [0.4, 0.5) is 11.4 Å². The molecule has 128 valence electrons. The van der Waals surface area contributed by atoms with E-state index in [0.29, 0.717) is 5.56 Å². The number of nitro benzene ring substituents is 1. The first-order valence-electron chi connectivity index (χ1n) is 7.94. The second-order valence-electron chi connectivity index (χ2n) is 5.71. The van der Waals surface area contributed by atoms with Crippen molar-refractivity contribution in [3.8, 4) is 0 Å². The summed E-state index contributed by atoms with van der Waals surface area (Å²) >= 11 is 0. The summed E-state index contributed by atoms with van der Waals surface area (Å²) in [6, 6.07) is 12.0. The number of oxime groups is 1. The first kappa shape index (κ1) is 16.6. The van der Waals surface area contributed by atoms with Gasteiger partial charge in [-0.3, -0.25) is 14.9 Å². The second-order valence-corrected chi connectivity index (χ2v) is 5.71. The summed E-state index contributed by atoms with van der Waals surface area (Å²) in [5.41, 5.74) is 3.58. The number of para-hydroxylation sites is 1. The van der Waals surface area contributed by atoms with Crippen molar-refractivity contribution in [2.45, 2.75) is 19.3 Å². The van der Waals surface area contributed by atoms with E-state index < -0.39 is 4.92 Å². The molecule has 0 bridgehead atoms. The average molecular weight is 339 g/mol. The molecule has 1 amide bonds. The maximum Gasteiger partial charge on any atom is 0.278 e. The third kappa shape index (κ3) is 4.20. The Morgan fingerprint density at radius 1 is 1.24 bits per heavy atom. The molecule has 1 aliphatic carbocycles. The first-order chi connectivity index (χ1) is 12.1. The van der Waals surface area contributed by atoms with Gasteiger partial charge in [-0.25, -0.2) is 0 Å². The Morgan fingerprint density at radius 2 is 2.04 bits per heavy atom. The zero-order valence-electron chi connectivity index (χ0n) is 13.5. The highest BCUT2D eigenvalue weighted by Gasteiger charge is 2.12. The molecule has 0 aromatic heterocycles. The molecule has 0 fully saturated rings. The molecule has 2 aromatic rings. The number of carbonyl (C=O) groups excluding carboxylic acids is 1. The van der Waals surface area contributed by atoms with Crippen molar-refractivity contribution in [3.63, 3.8) is 0 Å². The molecule has 25 heavy (non-hydrogen) atoms. The molecule has 0 unspecified atom stereocenters. The maximum atomic E-state index is 11.9. The zero-order chi connectivity index (χ0) is 17.6. The fourth-order valence-electron chi connectivity index (χ4n) is 2.80. The predicted molar refractivity (Wildman–Crippen MR) is 93.7 cm³/mol. The fourth-order valence-corrected chi connectivity index (χ4v) is 2.80. The van der Waals surface area contributed by atoms with Crippen LogP contribution in [-0.4, -0.2) is 23.7 Å². The number of nitrogens with zero attached hydrogens (tertiary/aromatic N) is 2. The van der Waals surface area contributed by atoms with Crippen LogP contribution in [0, 0.1) is 10.1 Å². The lowest BCUT2D eigenvalue weighted by atomic mass is 10.1. The van der Waals surface area contributed by atoms with Gasteiger partial charge in [0.2, 0.25) is 0 Å². The van der Waals surface area contributed by atoms with Gasteiger partial charge in [-0.2, -0.15) is 0 Å². The minimum atomic E-state index is -0.498.